The molecule has 1 aromatic heterocycles. The van der Waals surface area contributed by atoms with Crippen molar-refractivity contribution in [1.82, 2.24) is 15.1 Å². The van der Waals surface area contributed by atoms with Gasteiger partial charge in [0.25, 0.3) is 0 Å². The number of primary amides is 1. The Morgan fingerprint density at radius 2 is 2.18 bits per heavy atom. The molecule has 0 radical (unpaired) electrons. The van der Waals surface area contributed by atoms with E-state index in [0.717, 1.165) is 0 Å². The molecule has 17 heavy (non-hydrogen) atoms. The summed E-state index contributed by atoms with van der Waals surface area (Å²) in [5.74, 6) is -0.932. The van der Waals surface area contributed by atoms with Gasteiger partial charge in [-0.15, -0.1) is 0 Å². The van der Waals surface area contributed by atoms with Crippen molar-refractivity contribution in [2.45, 2.75) is 26.4 Å². The van der Waals surface area contributed by atoms with Gasteiger partial charge >= 0.3 is 0 Å². The van der Waals surface area contributed by atoms with Crippen molar-refractivity contribution >= 4 is 17.5 Å². The lowest BCUT2D eigenvalue weighted by atomic mass is 10.0. The van der Waals surface area contributed by atoms with Crippen LogP contribution >= 0.6 is 0 Å². The maximum absolute atomic E-state index is 11.6. The molecule has 2 amide bonds. The van der Waals surface area contributed by atoms with Crippen LogP contribution in [0.5, 0.6) is 0 Å². The second kappa shape index (κ2) is 5.33. The van der Waals surface area contributed by atoms with Crippen LogP contribution in [-0.4, -0.2) is 27.6 Å². The van der Waals surface area contributed by atoms with Crippen LogP contribution in [0.4, 0.5) is 5.69 Å². The largest absolute Gasteiger partial charge is 0.396 e. The highest BCUT2D eigenvalue weighted by molar-refractivity contribution is 5.86. The molecule has 0 aliphatic rings. The molecule has 1 rings (SSSR count). The standard InChI is InChI=1S/C10H17N5O2/c1-6(2)9(10(12)17)14-8(16)5-15-4-7(11)3-13-15/h3-4,6,9H,5,11H2,1-2H3,(H2,12,17)(H,14,16). The van der Waals surface area contributed by atoms with Gasteiger partial charge in [0.15, 0.2) is 0 Å². The van der Waals surface area contributed by atoms with Crippen molar-refractivity contribution in [3.63, 3.8) is 0 Å². The van der Waals surface area contributed by atoms with E-state index in [-0.39, 0.29) is 18.4 Å². The number of carbonyl (C=O) groups is 2. The molecule has 0 aliphatic heterocycles. The lowest BCUT2D eigenvalue weighted by Gasteiger charge is -2.18. The molecule has 1 atom stereocenters. The number of nitrogens with zero attached hydrogens (tertiary/aromatic N) is 2. The molecule has 7 heteroatoms. The minimum atomic E-state index is -0.671. The molecule has 0 aromatic carbocycles. The Labute approximate surface area is 99.1 Å². The third kappa shape index (κ3) is 3.78. The summed E-state index contributed by atoms with van der Waals surface area (Å²) in [5.41, 5.74) is 11.1. The van der Waals surface area contributed by atoms with Gasteiger partial charge in [-0.2, -0.15) is 5.10 Å². The van der Waals surface area contributed by atoms with Gasteiger partial charge in [-0.05, 0) is 5.92 Å². The Hall–Kier alpha value is -2.05. The summed E-state index contributed by atoms with van der Waals surface area (Å²) < 4.78 is 1.39. The van der Waals surface area contributed by atoms with Gasteiger partial charge in [-0.3, -0.25) is 14.3 Å². The van der Waals surface area contributed by atoms with Crippen LogP contribution in [0.15, 0.2) is 12.4 Å². The van der Waals surface area contributed by atoms with Crippen LogP contribution in [0.2, 0.25) is 0 Å². The Balaban J connectivity index is 2.56. The van der Waals surface area contributed by atoms with Gasteiger partial charge in [0.1, 0.15) is 12.6 Å². The summed E-state index contributed by atoms with van der Waals surface area (Å²) in [6.07, 6.45) is 2.98. The van der Waals surface area contributed by atoms with E-state index in [0.29, 0.717) is 5.69 Å². The molecule has 0 aliphatic carbocycles. The molecule has 0 bridgehead atoms. The second-order valence-electron chi connectivity index (χ2n) is 4.16. The SMILES string of the molecule is CC(C)C(NC(=O)Cn1cc(N)cn1)C(N)=O. The van der Waals surface area contributed by atoms with Crippen molar-refractivity contribution in [2.24, 2.45) is 11.7 Å². The average molecular weight is 239 g/mol. The van der Waals surface area contributed by atoms with Crippen LogP contribution in [0, 0.1) is 5.92 Å². The van der Waals surface area contributed by atoms with E-state index in [1.807, 2.05) is 13.8 Å². The summed E-state index contributed by atoms with van der Waals surface area (Å²) in [5, 5.41) is 6.43. The molecule has 0 spiro atoms. The van der Waals surface area contributed by atoms with Crippen LogP contribution in [0.3, 0.4) is 0 Å². The van der Waals surface area contributed by atoms with Gasteiger partial charge in [0.2, 0.25) is 11.8 Å². The topological polar surface area (TPSA) is 116 Å². The van der Waals surface area contributed by atoms with Gasteiger partial charge in [0.05, 0.1) is 11.9 Å². The second-order valence-corrected chi connectivity index (χ2v) is 4.16. The molecule has 7 nitrogen and oxygen atoms in total. The molecular weight excluding hydrogens is 222 g/mol. The lowest BCUT2D eigenvalue weighted by molar-refractivity contribution is -0.128. The number of nitrogens with two attached hydrogens (primary N) is 2. The summed E-state index contributed by atoms with van der Waals surface area (Å²) >= 11 is 0. The van der Waals surface area contributed by atoms with Crippen molar-refractivity contribution in [3.8, 4) is 0 Å². The molecule has 0 saturated carbocycles. The third-order valence-electron chi connectivity index (χ3n) is 2.25. The van der Waals surface area contributed by atoms with E-state index < -0.39 is 11.9 Å². The molecule has 1 aromatic rings. The van der Waals surface area contributed by atoms with Gasteiger partial charge in [0, 0.05) is 6.20 Å². The fourth-order valence-corrected chi connectivity index (χ4v) is 1.40. The van der Waals surface area contributed by atoms with E-state index in [4.69, 9.17) is 11.5 Å². The Bertz CT molecular complexity index is 413. The number of hydrogen-bond donors (Lipinski definition) is 3. The van der Waals surface area contributed by atoms with Crippen LogP contribution in [-0.2, 0) is 16.1 Å². The summed E-state index contributed by atoms with van der Waals surface area (Å²) in [6, 6.07) is -0.671. The zero-order chi connectivity index (χ0) is 13.0. The quantitative estimate of drug-likeness (QED) is 0.616. The highest BCUT2D eigenvalue weighted by Gasteiger charge is 2.21. The minimum absolute atomic E-state index is 0.00764. The zero-order valence-electron chi connectivity index (χ0n) is 9.88. The maximum atomic E-state index is 11.6. The number of nitrogen functional groups attached to an aromatic ring is 1. The first-order chi connectivity index (χ1) is 7.90. The van der Waals surface area contributed by atoms with E-state index in [1.54, 1.807) is 0 Å². The normalized spacial score (nSPS) is 12.4. The first-order valence-electron chi connectivity index (χ1n) is 5.26. The van der Waals surface area contributed by atoms with E-state index >= 15 is 0 Å². The van der Waals surface area contributed by atoms with Crippen molar-refractivity contribution < 1.29 is 9.59 Å². The fraction of sp³-hybridized carbons (Fsp3) is 0.500. The smallest absolute Gasteiger partial charge is 0.242 e. The van der Waals surface area contributed by atoms with E-state index in [1.165, 1.54) is 17.1 Å². The summed E-state index contributed by atoms with van der Waals surface area (Å²) in [7, 11) is 0. The van der Waals surface area contributed by atoms with Crippen LogP contribution in [0.25, 0.3) is 0 Å². The molecule has 1 heterocycles. The first kappa shape index (κ1) is 13.0. The number of nitrogens with one attached hydrogen (secondary N) is 1. The highest BCUT2D eigenvalue weighted by atomic mass is 16.2. The number of hydrogen-bond acceptors (Lipinski definition) is 4. The van der Waals surface area contributed by atoms with E-state index in [2.05, 4.69) is 10.4 Å². The van der Waals surface area contributed by atoms with E-state index in [9.17, 15) is 9.59 Å². The molecular formula is C10H17N5O2. The van der Waals surface area contributed by atoms with Crippen molar-refractivity contribution in [3.05, 3.63) is 12.4 Å². The predicted octanol–water partition coefficient (Wildman–Crippen LogP) is -0.909. The lowest BCUT2D eigenvalue weighted by Crippen LogP contribution is -2.48. The first-order valence-corrected chi connectivity index (χ1v) is 5.26. The molecule has 1 unspecified atom stereocenters. The zero-order valence-corrected chi connectivity index (χ0v) is 9.88. The number of aromatic nitrogens is 2. The minimum Gasteiger partial charge on any atom is -0.396 e. The van der Waals surface area contributed by atoms with Crippen molar-refractivity contribution in [2.75, 3.05) is 5.73 Å². The monoisotopic (exact) mass is 239 g/mol. The molecule has 5 N–H and O–H groups in total. The number of rotatable bonds is 5. The molecule has 0 saturated heterocycles. The fourth-order valence-electron chi connectivity index (χ4n) is 1.40. The summed E-state index contributed by atoms with van der Waals surface area (Å²) in [6.45, 7) is 3.62. The molecule has 94 valence electrons. The average Bonchev–Trinajstić information content (AvgIpc) is 2.59. The Morgan fingerprint density at radius 1 is 1.53 bits per heavy atom. The van der Waals surface area contributed by atoms with Crippen LogP contribution < -0.4 is 16.8 Å². The molecule has 0 fully saturated rings. The Kier molecular flexibility index (Phi) is 4.08. The summed E-state index contributed by atoms with van der Waals surface area (Å²) in [4.78, 5) is 22.7. The van der Waals surface area contributed by atoms with Crippen LogP contribution in [0.1, 0.15) is 13.8 Å². The van der Waals surface area contributed by atoms with Gasteiger partial charge < -0.3 is 16.8 Å². The number of anilines is 1. The number of amides is 2. The van der Waals surface area contributed by atoms with Gasteiger partial charge in [-0.1, -0.05) is 13.8 Å². The highest BCUT2D eigenvalue weighted by Crippen LogP contribution is 2.01. The Morgan fingerprint density at radius 3 is 2.59 bits per heavy atom. The predicted molar refractivity (Wildman–Crippen MR) is 62.6 cm³/mol. The number of carbonyl (C=O) groups excluding carboxylic acids is 2. The van der Waals surface area contributed by atoms with Crippen molar-refractivity contribution in [1.29, 1.82) is 0 Å². The van der Waals surface area contributed by atoms with Gasteiger partial charge in [-0.25, -0.2) is 0 Å². The third-order valence-corrected chi connectivity index (χ3v) is 2.25. The maximum Gasteiger partial charge on any atom is 0.242 e.